The molecule has 1 aromatic carbocycles. The van der Waals surface area contributed by atoms with Gasteiger partial charge in [0.1, 0.15) is 16.5 Å². The van der Waals surface area contributed by atoms with Crippen molar-refractivity contribution in [2.75, 3.05) is 19.9 Å². The van der Waals surface area contributed by atoms with Crippen LogP contribution in [0, 0.1) is 5.82 Å². The summed E-state index contributed by atoms with van der Waals surface area (Å²) in [5, 5.41) is 0. The number of aryl methyl sites for hydroxylation is 1. The SMILES string of the molecule is COc1ccc(CCCCN)c(F)c1S(C)(=O)=O. The molecule has 1 aromatic rings. The van der Waals surface area contributed by atoms with Crippen LogP contribution >= 0.6 is 0 Å². The summed E-state index contributed by atoms with van der Waals surface area (Å²) < 4.78 is 42.2. The molecule has 0 saturated heterocycles. The summed E-state index contributed by atoms with van der Waals surface area (Å²) in [6.07, 6.45) is 2.94. The molecule has 0 spiro atoms. The van der Waals surface area contributed by atoms with Crippen LogP contribution in [0.25, 0.3) is 0 Å². The second-order valence-corrected chi connectivity index (χ2v) is 6.04. The average Bonchev–Trinajstić information content (AvgIpc) is 2.29. The van der Waals surface area contributed by atoms with Gasteiger partial charge in [-0.25, -0.2) is 12.8 Å². The molecule has 0 atom stereocenters. The molecule has 0 heterocycles. The lowest BCUT2D eigenvalue weighted by Gasteiger charge is -2.11. The highest BCUT2D eigenvalue weighted by Crippen LogP contribution is 2.29. The first-order valence-corrected chi connectivity index (χ1v) is 7.56. The van der Waals surface area contributed by atoms with Crippen LogP contribution in [0.2, 0.25) is 0 Å². The Kier molecular flexibility index (Phi) is 5.10. The Morgan fingerprint density at radius 1 is 1.33 bits per heavy atom. The Morgan fingerprint density at radius 2 is 2.00 bits per heavy atom. The summed E-state index contributed by atoms with van der Waals surface area (Å²) in [5.74, 6) is -0.675. The van der Waals surface area contributed by atoms with Crippen molar-refractivity contribution in [3.05, 3.63) is 23.5 Å². The molecule has 0 saturated carbocycles. The van der Waals surface area contributed by atoms with Gasteiger partial charge in [-0.05, 0) is 37.4 Å². The molecule has 1 rings (SSSR count). The fourth-order valence-electron chi connectivity index (χ4n) is 1.74. The molecule has 6 heteroatoms. The van der Waals surface area contributed by atoms with Gasteiger partial charge >= 0.3 is 0 Å². The molecule has 0 aliphatic rings. The van der Waals surface area contributed by atoms with E-state index in [1.54, 1.807) is 6.07 Å². The summed E-state index contributed by atoms with van der Waals surface area (Å²) in [6, 6.07) is 3.04. The normalized spacial score (nSPS) is 11.6. The number of ether oxygens (including phenoxy) is 1. The zero-order valence-electron chi connectivity index (χ0n) is 10.6. The number of methoxy groups -OCH3 is 1. The lowest BCUT2D eigenvalue weighted by Crippen LogP contribution is -2.07. The van der Waals surface area contributed by atoms with Crippen LogP contribution in [0.1, 0.15) is 18.4 Å². The zero-order valence-corrected chi connectivity index (χ0v) is 11.4. The third-order valence-corrected chi connectivity index (χ3v) is 3.75. The summed E-state index contributed by atoms with van der Waals surface area (Å²) in [4.78, 5) is -0.366. The number of nitrogens with two attached hydrogens (primary N) is 1. The van der Waals surface area contributed by atoms with E-state index in [4.69, 9.17) is 10.5 Å². The Balaban J connectivity index is 3.18. The number of rotatable bonds is 6. The summed E-state index contributed by atoms with van der Waals surface area (Å²) in [7, 11) is -2.34. The predicted molar refractivity (Wildman–Crippen MR) is 68.1 cm³/mol. The molecule has 18 heavy (non-hydrogen) atoms. The molecule has 0 aromatic heterocycles. The van der Waals surface area contributed by atoms with Crippen LogP contribution in [0.5, 0.6) is 5.75 Å². The Hall–Kier alpha value is -1.14. The van der Waals surface area contributed by atoms with E-state index >= 15 is 0 Å². The van der Waals surface area contributed by atoms with Crippen molar-refractivity contribution in [1.82, 2.24) is 0 Å². The van der Waals surface area contributed by atoms with Gasteiger partial charge in [0.15, 0.2) is 9.84 Å². The standard InChI is InChI=1S/C12H18FNO3S/c1-17-10-7-6-9(5-3-4-8-14)11(13)12(10)18(2,15)16/h6-7H,3-5,8,14H2,1-2H3. The topological polar surface area (TPSA) is 69.4 Å². The monoisotopic (exact) mass is 275 g/mol. The van der Waals surface area contributed by atoms with E-state index in [1.807, 2.05) is 0 Å². The highest BCUT2D eigenvalue weighted by molar-refractivity contribution is 7.90. The van der Waals surface area contributed by atoms with Gasteiger partial charge in [-0.2, -0.15) is 0 Å². The van der Waals surface area contributed by atoms with E-state index in [0.717, 1.165) is 19.1 Å². The first-order chi connectivity index (χ1) is 8.41. The first kappa shape index (κ1) is 14.9. The van der Waals surface area contributed by atoms with E-state index in [9.17, 15) is 12.8 Å². The first-order valence-electron chi connectivity index (χ1n) is 5.67. The predicted octanol–water partition coefficient (Wildman–Crippen LogP) is 1.52. The molecular formula is C12H18FNO3S. The molecule has 0 amide bonds. The quantitative estimate of drug-likeness (QED) is 0.799. The van der Waals surface area contributed by atoms with Crippen molar-refractivity contribution in [3.63, 3.8) is 0 Å². The lowest BCUT2D eigenvalue weighted by molar-refractivity contribution is 0.393. The molecule has 0 radical (unpaired) electrons. The molecule has 0 aliphatic carbocycles. The van der Waals surface area contributed by atoms with Crippen LogP contribution < -0.4 is 10.5 Å². The number of halogens is 1. The maximum absolute atomic E-state index is 14.2. The number of hydrogen-bond acceptors (Lipinski definition) is 4. The van der Waals surface area contributed by atoms with Crippen molar-refractivity contribution >= 4 is 9.84 Å². The van der Waals surface area contributed by atoms with Crippen LogP contribution in [0.3, 0.4) is 0 Å². The van der Waals surface area contributed by atoms with E-state index in [-0.39, 0.29) is 10.6 Å². The molecule has 4 nitrogen and oxygen atoms in total. The highest BCUT2D eigenvalue weighted by atomic mass is 32.2. The van der Waals surface area contributed by atoms with Gasteiger partial charge in [0.05, 0.1) is 7.11 Å². The fourth-order valence-corrected chi connectivity index (χ4v) is 2.71. The lowest BCUT2D eigenvalue weighted by atomic mass is 10.1. The van der Waals surface area contributed by atoms with Crippen LogP contribution in [-0.2, 0) is 16.3 Å². The second kappa shape index (κ2) is 6.15. The summed E-state index contributed by atoms with van der Waals surface area (Å²) in [5.41, 5.74) is 5.75. The van der Waals surface area contributed by atoms with Crippen molar-refractivity contribution in [3.8, 4) is 5.75 Å². The number of benzene rings is 1. The molecule has 102 valence electrons. The van der Waals surface area contributed by atoms with Crippen LogP contribution in [-0.4, -0.2) is 28.3 Å². The fraction of sp³-hybridized carbons (Fsp3) is 0.500. The van der Waals surface area contributed by atoms with Gasteiger partial charge < -0.3 is 10.5 Å². The zero-order chi connectivity index (χ0) is 13.8. The van der Waals surface area contributed by atoms with Gasteiger partial charge in [-0.3, -0.25) is 0 Å². The third-order valence-electron chi connectivity index (χ3n) is 2.63. The Labute approximate surface area is 107 Å². The maximum Gasteiger partial charge on any atom is 0.182 e. The minimum Gasteiger partial charge on any atom is -0.495 e. The largest absolute Gasteiger partial charge is 0.495 e. The average molecular weight is 275 g/mol. The van der Waals surface area contributed by atoms with Crippen molar-refractivity contribution in [1.29, 1.82) is 0 Å². The smallest absolute Gasteiger partial charge is 0.182 e. The molecule has 0 aliphatic heterocycles. The second-order valence-electron chi connectivity index (χ2n) is 4.09. The van der Waals surface area contributed by atoms with Crippen LogP contribution in [0.15, 0.2) is 17.0 Å². The summed E-state index contributed by atoms with van der Waals surface area (Å²) >= 11 is 0. The van der Waals surface area contributed by atoms with E-state index in [1.165, 1.54) is 13.2 Å². The van der Waals surface area contributed by atoms with Crippen molar-refractivity contribution in [2.24, 2.45) is 5.73 Å². The number of unbranched alkanes of at least 4 members (excludes halogenated alkanes) is 1. The van der Waals surface area contributed by atoms with Gasteiger partial charge in [0, 0.05) is 6.26 Å². The van der Waals surface area contributed by atoms with Crippen molar-refractivity contribution < 1.29 is 17.5 Å². The number of hydrogen-bond donors (Lipinski definition) is 1. The highest BCUT2D eigenvalue weighted by Gasteiger charge is 2.22. The van der Waals surface area contributed by atoms with Crippen molar-refractivity contribution in [2.45, 2.75) is 24.2 Å². The van der Waals surface area contributed by atoms with E-state index < -0.39 is 15.7 Å². The molecular weight excluding hydrogens is 257 g/mol. The Bertz CT molecular complexity index is 514. The van der Waals surface area contributed by atoms with Gasteiger partial charge in [-0.15, -0.1) is 0 Å². The van der Waals surface area contributed by atoms with Gasteiger partial charge in [0.2, 0.25) is 0 Å². The van der Waals surface area contributed by atoms with Crippen LogP contribution in [0.4, 0.5) is 4.39 Å². The Morgan fingerprint density at radius 3 is 2.50 bits per heavy atom. The minimum absolute atomic E-state index is 0.0394. The molecule has 2 N–H and O–H groups in total. The maximum atomic E-state index is 14.2. The molecule has 0 bridgehead atoms. The molecule has 0 unspecified atom stereocenters. The molecule has 0 fully saturated rings. The third kappa shape index (κ3) is 3.43. The van der Waals surface area contributed by atoms with E-state index in [2.05, 4.69) is 0 Å². The number of sulfone groups is 1. The summed E-state index contributed by atoms with van der Waals surface area (Å²) in [6.45, 7) is 0.538. The van der Waals surface area contributed by atoms with Gasteiger partial charge in [-0.1, -0.05) is 6.07 Å². The van der Waals surface area contributed by atoms with Gasteiger partial charge in [0.25, 0.3) is 0 Å². The minimum atomic E-state index is -3.65. The van der Waals surface area contributed by atoms with E-state index in [0.29, 0.717) is 18.5 Å².